The van der Waals surface area contributed by atoms with Crippen LogP contribution in [0.4, 0.5) is 4.39 Å². The van der Waals surface area contributed by atoms with Crippen LogP contribution in [0.1, 0.15) is 26.2 Å². The van der Waals surface area contributed by atoms with Crippen molar-refractivity contribution in [1.29, 1.82) is 0 Å². The Hall–Kier alpha value is -0.150. The van der Waals surface area contributed by atoms with Crippen LogP contribution < -0.4 is 5.32 Å². The normalized spacial score (nSPS) is 40.6. The summed E-state index contributed by atoms with van der Waals surface area (Å²) in [6, 6.07) is 0. The molecule has 1 N–H and O–H groups in total. The summed E-state index contributed by atoms with van der Waals surface area (Å²) < 4.78 is 14.4. The Morgan fingerprint density at radius 1 is 1.33 bits per heavy atom. The van der Waals surface area contributed by atoms with Crippen molar-refractivity contribution < 1.29 is 4.39 Å². The van der Waals surface area contributed by atoms with Gasteiger partial charge in [-0.3, -0.25) is 0 Å². The quantitative estimate of drug-likeness (QED) is 0.714. The van der Waals surface area contributed by atoms with Crippen LogP contribution in [0.2, 0.25) is 0 Å². The number of rotatable bonds is 1. The predicted molar refractivity (Wildman–Crippen MR) is 60.7 cm³/mol. The minimum absolute atomic E-state index is 0.236. The molecule has 0 saturated carbocycles. The smallest absolute Gasteiger partial charge is 0.113 e. The van der Waals surface area contributed by atoms with Gasteiger partial charge < -0.3 is 10.2 Å². The third-order valence-electron chi connectivity index (χ3n) is 4.26. The van der Waals surface area contributed by atoms with Crippen LogP contribution in [0.15, 0.2) is 0 Å². The molecule has 2 unspecified atom stereocenters. The molecule has 3 heteroatoms. The Labute approximate surface area is 92.2 Å². The van der Waals surface area contributed by atoms with Crippen LogP contribution in [0.5, 0.6) is 0 Å². The first-order valence-electron chi connectivity index (χ1n) is 6.18. The lowest BCUT2D eigenvalue weighted by molar-refractivity contribution is 0.0109. The molecular weight excluding hydrogens is 191 g/mol. The number of alkyl halides is 1. The van der Waals surface area contributed by atoms with E-state index in [0.29, 0.717) is 12.3 Å². The molecule has 2 aliphatic heterocycles. The van der Waals surface area contributed by atoms with Crippen LogP contribution in [-0.2, 0) is 0 Å². The highest BCUT2D eigenvalue weighted by Crippen LogP contribution is 2.37. The fraction of sp³-hybridized carbons (Fsp3) is 1.00. The molecule has 2 atom stereocenters. The Bertz CT molecular complexity index is 210. The Morgan fingerprint density at radius 2 is 2.00 bits per heavy atom. The average Bonchev–Trinajstić information content (AvgIpc) is 2.19. The molecule has 2 nitrogen and oxygen atoms in total. The van der Waals surface area contributed by atoms with E-state index in [-0.39, 0.29) is 5.92 Å². The minimum Gasteiger partial charge on any atom is -0.316 e. The molecular formula is C12H23FN2. The highest BCUT2D eigenvalue weighted by Gasteiger charge is 2.41. The number of likely N-dealkylation sites (tertiary alicyclic amines) is 1. The van der Waals surface area contributed by atoms with E-state index in [1.54, 1.807) is 6.92 Å². The van der Waals surface area contributed by atoms with Crippen molar-refractivity contribution in [3.8, 4) is 0 Å². The standard InChI is InChI=1S/C12H23FN2/c1-12(13)5-6-14-9-11(12)10-3-7-15(2)8-4-10/h10-11,14H,3-9H2,1-2H3. The fourth-order valence-electron chi connectivity index (χ4n) is 3.08. The van der Waals surface area contributed by atoms with Crippen LogP contribution in [0, 0.1) is 11.8 Å². The van der Waals surface area contributed by atoms with Gasteiger partial charge in [0.1, 0.15) is 5.67 Å². The second-order valence-corrected chi connectivity index (χ2v) is 5.48. The van der Waals surface area contributed by atoms with E-state index in [0.717, 1.165) is 26.2 Å². The van der Waals surface area contributed by atoms with Gasteiger partial charge in [-0.05, 0) is 58.8 Å². The van der Waals surface area contributed by atoms with Gasteiger partial charge in [0.05, 0.1) is 0 Å². The van der Waals surface area contributed by atoms with Crippen LogP contribution in [0.3, 0.4) is 0 Å². The van der Waals surface area contributed by atoms with Crippen molar-refractivity contribution in [1.82, 2.24) is 10.2 Å². The van der Waals surface area contributed by atoms with E-state index in [4.69, 9.17) is 0 Å². The molecule has 0 radical (unpaired) electrons. The van der Waals surface area contributed by atoms with Crippen LogP contribution >= 0.6 is 0 Å². The molecule has 2 aliphatic rings. The maximum atomic E-state index is 14.4. The van der Waals surface area contributed by atoms with Gasteiger partial charge >= 0.3 is 0 Å². The van der Waals surface area contributed by atoms with Crippen molar-refractivity contribution in [2.24, 2.45) is 11.8 Å². The number of nitrogens with one attached hydrogen (secondary N) is 1. The van der Waals surface area contributed by atoms with Crippen molar-refractivity contribution in [3.63, 3.8) is 0 Å². The van der Waals surface area contributed by atoms with Crippen molar-refractivity contribution >= 4 is 0 Å². The molecule has 2 rings (SSSR count). The largest absolute Gasteiger partial charge is 0.316 e. The Kier molecular flexibility index (Phi) is 3.31. The van der Waals surface area contributed by atoms with Crippen molar-refractivity contribution in [2.45, 2.75) is 31.9 Å². The number of hydrogen-bond donors (Lipinski definition) is 1. The molecule has 88 valence electrons. The van der Waals surface area contributed by atoms with Gasteiger partial charge in [0.25, 0.3) is 0 Å². The number of piperidine rings is 2. The molecule has 15 heavy (non-hydrogen) atoms. The highest BCUT2D eigenvalue weighted by molar-refractivity contribution is 4.93. The van der Waals surface area contributed by atoms with Crippen molar-refractivity contribution in [3.05, 3.63) is 0 Å². The van der Waals surface area contributed by atoms with Gasteiger partial charge in [-0.2, -0.15) is 0 Å². The Balaban J connectivity index is 1.96. The topological polar surface area (TPSA) is 15.3 Å². The van der Waals surface area contributed by atoms with E-state index in [9.17, 15) is 4.39 Å². The number of nitrogens with zero attached hydrogens (tertiary/aromatic N) is 1. The number of halogens is 1. The van der Waals surface area contributed by atoms with E-state index in [1.165, 1.54) is 12.8 Å². The van der Waals surface area contributed by atoms with Gasteiger partial charge in [-0.15, -0.1) is 0 Å². The van der Waals surface area contributed by atoms with E-state index in [2.05, 4.69) is 17.3 Å². The zero-order valence-electron chi connectivity index (χ0n) is 9.93. The molecule has 0 aromatic carbocycles. The van der Waals surface area contributed by atoms with Crippen molar-refractivity contribution in [2.75, 3.05) is 33.2 Å². The second-order valence-electron chi connectivity index (χ2n) is 5.48. The maximum absolute atomic E-state index is 14.4. The summed E-state index contributed by atoms with van der Waals surface area (Å²) >= 11 is 0. The first-order valence-corrected chi connectivity index (χ1v) is 6.18. The summed E-state index contributed by atoms with van der Waals surface area (Å²) in [4.78, 5) is 2.35. The molecule has 0 bridgehead atoms. The molecule has 0 aromatic rings. The summed E-state index contributed by atoms with van der Waals surface area (Å²) in [5, 5.41) is 3.35. The summed E-state index contributed by atoms with van der Waals surface area (Å²) in [5.41, 5.74) is -0.939. The molecule has 2 heterocycles. The van der Waals surface area contributed by atoms with Gasteiger partial charge in [0.15, 0.2) is 0 Å². The van der Waals surface area contributed by atoms with Gasteiger partial charge in [-0.25, -0.2) is 4.39 Å². The average molecular weight is 214 g/mol. The summed E-state index contributed by atoms with van der Waals surface area (Å²) in [5.74, 6) is 0.823. The third kappa shape index (κ3) is 2.51. The molecule has 2 saturated heterocycles. The summed E-state index contributed by atoms with van der Waals surface area (Å²) in [6.45, 7) is 5.79. The molecule has 0 spiro atoms. The SMILES string of the molecule is CN1CCC(C2CNCCC2(C)F)CC1. The van der Waals surface area contributed by atoms with E-state index >= 15 is 0 Å². The lowest BCUT2D eigenvalue weighted by atomic mass is 9.73. The molecule has 0 aliphatic carbocycles. The Morgan fingerprint density at radius 3 is 2.60 bits per heavy atom. The first kappa shape index (κ1) is 11.3. The molecule has 2 fully saturated rings. The molecule has 0 amide bonds. The molecule has 0 aromatic heterocycles. The van der Waals surface area contributed by atoms with Crippen LogP contribution in [0.25, 0.3) is 0 Å². The lowest BCUT2D eigenvalue weighted by Gasteiger charge is -2.43. The fourth-order valence-corrected chi connectivity index (χ4v) is 3.08. The third-order valence-corrected chi connectivity index (χ3v) is 4.26. The summed E-state index contributed by atoms with van der Waals surface area (Å²) in [6.07, 6.45) is 3.02. The second kappa shape index (κ2) is 4.38. The minimum atomic E-state index is -0.939. The predicted octanol–water partition coefficient (Wildman–Crippen LogP) is 1.67. The van der Waals surface area contributed by atoms with Gasteiger partial charge in [0, 0.05) is 12.5 Å². The van der Waals surface area contributed by atoms with E-state index in [1.807, 2.05) is 0 Å². The zero-order chi connectivity index (χ0) is 10.9. The van der Waals surface area contributed by atoms with Gasteiger partial charge in [0.2, 0.25) is 0 Å². The number of hydrogen-bond acceptors (Lipinski definition) is 2. The summed E-state index contributed by atoms with van der Waals surface area (Å²) in [7, 11) is 2.16. The van der Waals surface area contributed by atoms with Crippen LogP contribution in [-0.4, -0.2) is 43.8 Å². The lowest BCUT2D eigenvalue weighted by Crippen LogP contribution is -2.50. The van der Waals surface area contributed by atoms with E-state index < -0.39 is 5.67 Å². The van der Waals surface area contributed by atoms with Gasteiger partial charge in [-0.1, -0.05) is 0 Å². The maximum Gasteiger partial charge on any atom is 0.113 e. The first-order chi connectivity index (χ1) is 7.09. The zero-order valence-corrected chi connectivity index (χ0v) is 9.93. The highest BCUT2D eigenvalue weighted by atomic mass is 19.1. The monoisotopic (exact) mass is 214 g/mol.